The normalized spacial score (nSPS) is 28.1. The van der Waals surface area contributed by atoms with Crippen molar-refractivity contribution in [2.45, 2.75) is 19.3 Å². The van der Waals surface area contributed by atoms with Gasteiger partial charge in [-0.25, -0.2) is 10.2 Å². The molecule has 5 heteroatoms. The highest BCUT2D eigenvalue weighted by Gasteiger charge is 2.29. The number of hydrogen-bond acceptors (Lipinski definition) is 5. The van der Waals surface area contributed by atoms with Gasteiger partial charge in [-0.1, -0.05) is 30.3 Å². The molecule has 0 aliphatic carbocycles. The van der Waals surface area contributed by atoms with Crippen molar-refractivity contribution >= 4 is 0 Å². The highest BCUT2D eigenvalue weighted by Crippen LogP contribution is 2.12. The van der Waals surface area contributed by atoms with Crippen molar-refractivity contribution in [2.75, 3.05) is 0 Å². The van der Waals surface area contributed by atoms with Crippen molar-refractivity contribution in [1.82, 2.24) is 10.4 Å². The lowest BCUT2D eigenvalue weighted by Crippen LogP contribution is -2.35. The average molecular weight is 196 g/mol. The maximum Gasteiger partial charge on any atom is 0.235 e. The van der Waals surface area contributed by atoms with E-state index in [-0.39, 0.29) is 0 Å². The molecule has 1 fully saturated rings. The lowest BCUT2D eigenvalue weighted by molar-refractivity contribution is -0.248. The van der Waals surface area contributed by atoms with E-state index in [9.17, 15) is 5.11 Å². The zero-order valence-electron chi connectivity index (χ0n) is 7.50. The fourth-order valence-corrected chi connectivity index (χ4v) is 1.31. The lowest BCUT2D eigenvalue weighted by Gasteiger charge is -2.16. The molecule has 0 saturated carbocycles. The first-order valence-electron chi connectivity index (χ1n) is 4.35. The number of nitrogens with one attached hydrogen (secondary N) is 1. The monoisotopic (exact) mass is 196 g/mol. The summed E-state index contributed by atoms with van der Waals surface area (Å²) in [4.78, 5) is 4.91. The van der Waals surface area contributed by atoms with Gasteiger partial charge in [0.15, 0.2) is 6.35 Å². The first-order valence-corrected chi connectivity index (χ1v) is 4.35. The van der Waals surface area contributed by atoms with Gasteiger partial charge in [-0.15, -0.1) is 5.06 Å². The Labute approximate surface area is 81.5 Å². The van der Waals surface area contributed by atoms with E-state index in [1.165, 1.54) is 5.06 Å². The maximum atomic E-state index is 9.35. The summed E-state index contributed by atoms with van der Waals surface area (Å²) in [5.41, 5.74) is 1.00. The van der Waals surface area contributed by atoms with Gasteiger partial charge in [0.05, 0.1) is 6.54 Å². The number of aliphatic hydroxyl groups excluding tert-OH is 2. The number of benzene rings is 1. The van der Waals surface area contributed by atoms with Crippen LogP contribution in [0.1, 0.15) is 5.56 Å². The zero-order valence-corrected chi connectivity index (χ0v) is 7.50. The number of nitrogens with zero attached hydrogens (tertiary/aromatic N) is 1. The molecule has 0 bridgehead atoms. The molecule has 3 N–H and O–H groups in total. The minimum Gasteiger partial charge on any atom is -0.364 e. The van der Waals surface area contributed by atoms with E-state index in [1.807, 2.05) is 30.3 Å². The molecule has 1 aliphatic rings. The first-order chi connectivity index (χ1) is 6.75. The summed E-state index contributed by atoms with van der Waals surface area (Å²) in [5.74, 6) is 0. The van der Waals surface area contributed by atoms with E-state index in [0.717, 1.165) is 5.56 Å². The summed E-state index contributed by atoms with van der Waals surface area (Å²) in [6.07, 6.45) is -2.10. The lowest BCUT2D eigenvalue weighted by atomic mass is 10.2. The Morgan fingerprint density at radius 1 is 1.29 bits per heavy atom. The number of hydroxylamine groups is 2. The SMILES string of the molecule is OC1NC(O)N(Cc2ccccc2)O1. The average Bonchev–Trinajstić information content (AvgIpc) is 2.47. The molecule has 0 spiro atoms. The topological polar surface area (TPSA) is 65.0 Å². The van der Waals surface area contributed by atoms with Crippen LogP contribution in [0.4, 0.5) is 0 Å². The van der Waals surface area contributed by atoms with Crippen LogP contribution in [0.3, 0.4) is 0 Å². The van der Waals surface area contributed by atoms with Gasteiger partial charge in [-0.2, -0.15) is 0 Å². The molecule has 5 nitrogen and oxygen atoms in total. The van der Waals surface area contributed by atoms with E-state index in [0.29, 0.717) is 6.54 Å². The molecule has 1 heterocycles. The molecule has 1 saturated heterocycles. The Morgan fingerprint density at radius 3 is 2.57 bits per heavy atom. The van der Waals surface area contributed by atoms with Gasteiger partial charge in [0, 0.05) is 0 Å². The Bertz CT molecular complexity index is 293. The third-order valence-electron chi connectivity index (χ3n) is 1.98. The highest BCUT2D eigenvalue weighted by molar-refractivity contribution is 5.14. The first kappa shape index (κ1) is 9.57. The molecule has 1 aliphatic heterocycles. The van der Waals surface area contributed by atoms with Crippen molar-refractivity contribution in [3.63, 3.8) is 0 Å². The predicted octanol–water partition coefficient (Wildman–Crippen LogP) is -0.425. The quantitative estimate of drug-likeness (QED) is 0.599. The third-order valence-corrected chi connectivity index (χ3v) is 1.98. The molecule has 0 amide bonds. The summed E-state index contributed by atoms with van der Waals surface area (Å²) >= 11 is 0. The molecule has 0 radical (unpaired) electrons. The molecule has 14 heavy (non-hydrogen) atoms. The Balaban J connectivity index is 1.98. The van der Waals surface area contributed by atoms with Crippen LogP contribution in [0.25, 0.3) is 0 Å². The van der Waals surface area contributed by atoms with Gasteiger partial charge in [0.2, 0.25) is 6.41 Å². The van der Waals surface area contributed by atoms with Crippen LogP contribution in [0.5, 0.6) is 0 Å². The maximum absolute atomic E-state index is 9.35. The van der Waals surface area contributed by atoms with Gasteiger partial charge < -0.3 is 10.2 Å². The summed E-state index contributed by atoms with van der Waals surface area (Å²) in [6, 6.07) is 9.56. The van der Waals surface area contributed by atoms with E-state index >= 15 is 0 Å². The molecular weight excluding hydrogens is 184 g/mol. The van der Waals surface area contributed by atoms with Crippen LogP contribution in [0.15, 0.2) is 30.3 Å². The molecule has 1 aromatic rings. The van der Waals surface area contributed by atoms with E-state index in [4.69, 9.17) is 9.94 Å². The van der Waals surface area contributed by atoms with Crippen molar-refractivity contribution in [3.05, 3.63) is 35.9 Å². The molecular formula is C9H12N2O3. The van der Waals surface area contributed by atoms with Gasteiger partial charge in [0.1, 0.15) is 0 Å². The zero-order chi connectivity index (χ0) is 9.97. The standard InChI is InChI=1S/C9H12N2O3/c12-8-10-9(13)14-11(8)6-7-4-2-1-3-5-7/h1-5,8-10,12-13H,6H2. The highest BCUT2D eigenvalue weighted by atomic mass is 16.8. The Morgan fingerprint density at radius 2 is 2.00 bits per heavy atom. The number of aliphatic hydroxyl groups is 2. The van der Waals surface area contributed by atoms with Gasteiger partial charge in [-0.05, 0) is 5.56 Å². The molecule has 76 valence electrons. The molecule has 2 rings (SSSR count). The molecule has 2 atom stereocenters. The predicted molar refractivity (Wildman–Crippen MR) is 48.2 cm³/mol. The second kappa shape index (κ2) is 4.04. The Hall–Kier alpha value is -0.980. The Kier molecular flexibility index (Phi) is 2.76. The molecule has 0 aromatic heterocycles. The van der Waals surface area contributed by atoms with E-state index in [1.54, 1.807) is 0 Å². The van der Waals surface area contributed by atoms with E-state index in [2.05, 4.69) is 5.32 Å². The van der Waals surface area contributed by atoms with E-state index < -0.39 is 12.8 Å². The van der Waals surface area contributed by atoms with Crippen LogP contribution >= 0.6 is 0 Å². The molecule has 1 aromatic carbocycles. The fraction of sp³-hybridized carbons (Fsp3) is 0.333. The smallest absolute Gasteiger partial charge is 0.235 e. The van der Waals surface area contributed by atoms with Crippen LogP contribution in [-0.2, 0) is 11.4 Å². The van der Waals surface area contributed by atoms with Crippen molar-refractivity contribution in [2.24, 2.45) is 0 Å². The van der Waals surface area contributed by atoms with Crippen LogP contribution in [-0.4, -0.2) is 28.0 Å². The van der Waals surface area contributed by atoms with Crippen LogP contribution < -0.4 is 5.32 Å². The molecule has 2 unspecified atom stereocenters. The van der Waals surface area contributed by atoms with Crippen LogP contribution in [0.2, 0.25) is 0 Å². The minimum absolute atomic E-state index is 0.423. The minimum atomic E-state index is -1.13. The van der Waals surface area contributed by atoms with Crippen molar-refractivity contribution < 1.29 is 15.1 Å². The summed E-state index contributed by atoms with van der Waals surface area (Å²) in [6.45, 7) is 0.423. The van der Waals surface area contributed by atoms with Gasteiger partial charge in [0.25, 0.3) is 0 Å². The third kappa shape index (κ3) is 2.09. The fourth-order valence-electron chi connectivity index (χ4n) is 1.31. The van der Waals surface area contributed by atoms with Crippen molar-refractivity contribution in [3.8, 4) is 0 Å². The van der Waals surface area contributed by atoms with Crippen molar-refractivity contribution in [1.29, 1.82) is 0 Å². The number of rotatable bonds is 2. The van der Waals surface area contributed by atoms with Crippen LogP contribution in [0, 0.1) is 0 Å². The summed E-state index contributed by atoms with van der Waals surface area (Å²) in [7, 11) is 0. The largest absolute Gasteiger partial charge is 0.364 e. The van der Waals surface area contributed by atoms with Gasteiger partial charge >= 0.3 is 0 Å². The summed E-state index contributed by atoms with van der Waals surface area (Å²) < 4.78 is 0. The summed E-state index contributed by atoms with van der Waals surface area (Å²) in [5, 5.41) is 22.0. The van der Waals surface area contributed by atoms with Gasteiger partial charge in [-0.3, -0.25) is 0 Å². The number of hydrogen-bond donors (Lipinski definition) is 3. The second-order valence-corrected chi connectivity index (χ2v) is 3.06. The second-order valence-electron chi connectivity index (χ2n) is 3.06.